The molecule has 0 amide bonds. The van der Waals surface area contributed by atoms with Crippen LogP contribution in [0.4, 0.5) is 13.2 Å². The molecule has 2 atom stereocenters. The number of hydrogen-bond donors (Lipinski definition) is 1. The molecule has 0 radical (unpaired) electrons. The molecule has 1 saturated carbocycles. The van der Waals surface area contributed by atoms with Crippen molar-refractivity contribution >= 4 is 11.6 Å². The summed E-state index contributed by atoms with van der Waals surface area (Å²) in [5.74, 6) is -0.196. The van der Waals surface area contributed by atoms with Crippen molar-refractivity contribution in [3.63, 3.8) is 0 Å². The Labute approximate surface area is 144 Å². The smallest absolute Gasteiger partial charge is 0.393 e. The number of hydrogen-bond acceptors (Lipinski definition) is 3. The minimum Gasteiger partial charge on any atom is -0.489 e. The summed E-state index contributed by atoms with van der Waals surface area (Å²) in [5.41, 5.74) is 0.802. The van der Waals surface area contributed by atoms with E-state index in [1.54, 1.807) is 12.1 Å². The summed E-state index contributed by atoms with van der Waals surface area (Å²) < 4.78 is 50.6. The Morgan fingerprint density at radius 3 is 2.62 bits per heavy atom. The quantitative estimate of drug-likeness (QED) is 0.843. The average Bonchev–Trinajstić information content (AvgIpc) is 2.78. The van der Waals surface area contributed by atoms with Crippen molar-refractivity contribution in [3.8, 4) is 11.5 Å². The molecule has 1 N–H and O–H groups in total. The minimum absolute atomic E-state index is 0.197. The zero-order valence-corrected chi connectivity index (χ0v) is 14.1. The highest BCUT2D eigenvalue weighted by atomic mass is 35.5. The molecular weight excluding hydrogens is 343 g/mol. The van der Waals surface area contributed by atoms with Crippen molar-refractivity contribution in [1.29, 1.82) is 0 Å². The molecule has 0 saturated heterocycles. The fraction of sp³-hybridized carbons (Fsp3) is 0.647. The number of halogens is 4. The number of ether oxygens (including phenoxy) is 2. The van der Waals surface area contributed by atoms with Gasteiger partial charge < -0.3 is 14.8 Å². The lowest BCUT2D eigenvalue weighted by Gasteiger charge is -2.33. The third kappa shape index (κ3) is 4.09. The summed E-state index contributed by atoms with van der Waals surface area (Å²) in [5, 5.41) is 3.50. The van der Waals surface area contributed by atoms with E-state index in [4.69, 9.17) is 21.1 Å². The van der Waals surface area contributed by atoms with Gasteiger partial charge in [0.05, 0.1) is 24.2 Å². The van der Waals surface area contributed by atoms with Crippen molar-refractivity contribution in [3.05, 3.63) is 22.7 Å². The minimum atomic E-state index is -4.15. The summed E-state index contributed by atoms with van der Waals surface area (Å²) in [6.07, 6.45) is -1.18. The zero-order chi connectivity index (χ0) is 17.2. The number of alkyl halides is 3. The van der Waals surface area contributed by atoms with Crippen LogP contribution < -0.4 is 14.8 Å². The summed E-state index contributed by atoms with van der Waals surface area (Å²) in [4.78, 5) is 0. The predicted molar refractivity (Wildman–Crippen MR) is 85.7 cm³/mol. The molecule has 3 rings (SSSR count). The maximum absolute atomic E-state index is 13.2. The van der Waals surface area contributed by atoms with Crippen molar-refractivity contribution < 1.29 is 22.6 Å². The summed E-state index contributed by atoms with van der Waals surface area (Å²) >= 11 is 6.23. The standard InChI is InChI=1S/C17H21ClF3NO2/c18-13-8-11(9-15-16(13)24-7-3-6-23-15)10-22-14-5-2-1-4-12(14)17(19,20)21/h8-9,12,14,22H,1-7,10H2/t12-,14-/m1/s1. The first-order chi connectivity index (χ1) is 11.4. The monoisotopic (exact) mass is 363 g/mol. The van der Waals surface area contributed by atoms with Crippen molar-refractivity contribution in [2.45, 2.75) is 50.9 Å². The normalized spacial score (nSPS) is 24.5. The first-order valence-corrected chi connectivity index (χ1v) is 8.71. The van der Waals surface area contributed by atoms with Gasteiger partial charge in [0.2, 0.25) is 0 Å². The first-order valence-electron chi connectivity index (χ1n) is 8.33. The van der Waals surface area contributed by atoms with E-state index < -0.39 is 18.1 Å². The Kier molecular flexibility index (Phi) is 5.45. The number of rotatable bonds is 3. The van der Waals surface area contributed by atoms with Gasteiger partial charge in [0.25, 0.3) is 0 Å². The second kappa shape index (κ2) is 7.40. The van der Waals surface area contributed by atoms with Gasteiger partial charge >= 0.3 is 6.18 Å². The Morgan fingerprint density at radius 2 is 1.83 bits per heavy atom. The van der Waals surface area contributed by atoms with Crippen molar-refractivity contribution in [2.75, 3.05) is 13.2 Å². The molecule has 0 unspecified atom stereocenters. The molecule has 1 aliphatic heterocycles. The second-order valence-corrected chi connectivity index (χ2v) is 6.78. The largest absolute Gasteiger partial charge is 0.489 e. The molecule has 1 fully saturated rings. The molecule has 7 heteroatoms. The van der Waals surface area contributed by atoms with Crippen LogP contribution in [0.15, 0.2) is 12.1 Å². The van der Waals surface area contributed by atoms with Crippen LogP contribution in [0.3, 0.4) is 0 Å². The Balaban J connectivity index is 1.70. The molecule has 0 bridgehead atoms. The lowest BCUT2D eigenvalue weighted by molar-refractivity contribution is -0.189. The highest BCUT2D eigenvalue weighted by molar-refractivity contribution is 6.32. The van der Waals surface area contributed by atoms with Crippen LogP contribution in [-0.2, 0) is 6.54 Å². The Bertz CT molecular complexity index is 580. The molecule has 0 spiro atoms. The first kappa shape index (κ1) is 17.7. The van der Waals surface area contributed by atoms with Crippen LogP contribution in [0, 0.1) is 5.92 Å². The van der Waals surface area contributed by atoms with E-state index in [2.05, 4.69) is 5.32 Å². The van der Waals surface area contributed by atoms with Gasteiger partial charge in [-0.15, -0.1) is 0 Å². The topological polar surface area (TPSA) is 30.5 Å². The highest BCUT2D eigenvalue weighted by Crippen LogP contribution is 2.39. The number of nitrogens with one attached hydrogen (secondary N) is 1. The Morgan fingerprint density at radius 1 is 1.08 bits per heavy atom. The highest BCUT2D eigenvalue weighted by Gasteiger charge is 2.45. The predicted octanol–water partition coefficient (Wildman–Crippen LogP) is 4.71. The SMILES string of the molecule is FC(F)(F)[C@@H]1CCCC[C@H]1NCc1cc(Cl)c2c(c1)OCCCO2. The molecule has 1 aromatic rings. The zero-order valence-electron chi connectivity index (χ0n) is 13.3. The molecule has 1 aromatic carbocycles. The van der Waals surface area contributed by atoms with E-state index in [0.717, 1.165) is 18.4 Å². The fourth-order valence-electron chi connectivity index (χ4n) is 3.40. The van der Waals surface area contributed by atoms with Gasteiger partial charge in [0.15, 0.2) is 11.5 Å². The summed E-state index contributed by atoms with van der Waals surface area (Å²) in [6.45, 7) is 1.41. The lowest BCUT2D eigenvalue weighted by atomic mass is 9.84. The maximum atomic E-state index is 13.2. The van der Waals surface area contributed by atoms with Crippen LogP contribution >= 0.6 is 11.6 Å². The van der Waals surface area contributed by atoms with Gasteiger partial charge in [-0.1, -0.05) is 24.4 Å². The lowest BCUT2D eigenvalue weighted by Crippen LogP contribution is -2.45. The van der Waals surface area contributed by atoms with Crippen LogP contribution in [0.25, 0.3) is 0 Å². The molecule has 3 nitrogen and oxygen atoms in total. The molecule has 2 aliphatic rings. The molecule has 1 aliphatic carbocycles. The van der Waals surface area contributed by atoms with E-state index in [9.17, 15) is 13.2 Å². The molecule has 24 heavy (non-hydrogen) atoms. The summed E-state index contributed by atoms with van der Waals surface area (Å²) in [7, 11) is 0. The summed E-state index contributed by atoms with van der Waals surface area (Å²) in [6, 6.07) is 2.98. The van der Waals surface area contributed by atoms with Gasteiger partial charge in [0, 0.05) is 19.0 Å². The van der Waals surface area contributed by atoms with Crippen LogP contribution in [0.5, 0.6) is 11.5 Å². The molecule has 0 aromatic heterocycles. The second-order valence-electron chi connectivity index (χ2n) is 6.38. The number of benzene rings is 1. The Hall–Kier alpha value is -1.14. The van der Waals surface area contributed by atoms with Crippen LogP contribution in [0.2, 0.25) is 5.02 Å². The van der Waals surface area contributed by atoms with Crippen LogP contribution in [0.1, 0.15) is 37.7 Å². The van der Waals surface area contributed by atoms with Gasteiger partial charge in [-0.25, -0.2) is 0 Å². The third-order valence-corrected chi connectivity index (χ3v) is 4.90. The van der Waals surface area contributed by atoms with Crippen molar-refractivity contribution in [1.82, 2.24) is 5.32 Å². The fourth-order valence-corrected chi connectivity index (χ4v) is 3.69. The van der Waals surface area contributed by atoms with E-state index in [1.807, 2.05) is 0 Å². The van der Waals surface area contributed by atoms with Crippen LogP contribution in [-0.4, -0.2) is 25.4 Å². The number of fused-ring (bicyclic) bond motifs is 1. The van der Waals surface area contributed by atoms with Gasteiger partial charge in [0.1, 0.15) is 0 Å². The van der Waals surface area contributed by atoms with E-state index in [0.29, 0.717) is 49.1 Å². The van der Waals surface area contributed by atoms with Crippen molar-refractivity contribution in [2.24, 2.45) is 5.92 Å². The van der Waals surface area contributed by atoms with Gasteiger partial charge in [-0.3, -0.25) is 0 Å². The average molecular weight is 364 g/mol. The van der Waals surface area contributed by atoms with Gasteiger partial charge in [-0.05, 0) is 30.5 Å². The molecule has 1 heterocycles. The van der Waals surface area contributed by atoms with Gasteiger partial charge in [-0.2, -0.15) is 13.2 Å². The van der Waals surface area contributed by atoms with E-state index >= 15 is 0 Å². The molecule has 134 valence electrons. The molecular formula is C17H21ClF3NO2. The third-order valence-electron chi connectivity index (χ3n) is 4.62. The maximum Gasteiger partial charge on any atom is 0.393 e. The van der Waals surface area contributed by atoms with E-state index in [1.165, 1.54) is 0 Å². The van der Waals surface area contributed by atoms with E-state index in [-0.39, 0.29) is 6.42 Å².